The summed E-state index contributed by atoms with van der Waals surface area (Å²) in [5.41, 5.74) is 0.134. The van der Waals surface area contributed by atoms with Crippen LogP contribution >= 0.6 is 0 Å². The van der Waals surface area contributed by atoms with Gasteiger partial charge in [-0.05, 0) is 25.7 Å². The highest BCUT2D eigenvalue weighted by Crippen LogP contribution is 2.39. The third-order valence-corrected chi connectivity index (χ3v) is 3.55. The number of carbonyl (C=O) groups is 1. The maximum Gasteiger partial charge on any atom is 0.339 e. The van der Waals surface area contributed by atoms with Crippen LogP contribution in [0.25, 0.3) is 0 Å². The molecule has 102 valence electrons. The Morgan fingerprint density at radius 2 is 1.84 bits per heavy atom. The lowest BCUT2D eigenvalue weighted by molar-refractivity contribution is 0.0685. The number of carboxylic acid groups (broad SMARTS) is 1. The van der Waals surface area contributed by atoms with Crippen molar-refractivity contribution in [3.05, 3.63) is 17.7 Å². The van der Waals surface area contributed by atoms with E-state index in [2.05, 4.69) is 0 Å². The summed E-state index contributed by atoms with van der Waals surface area (Å²) in [7, 11) is 0. The molecule has 1 N–H and O–H groups in total. The Morgan fingerprint density at radius 3 is 2.53 bits per heavy atom. The van der Waals surface area contributed by atoms with Crippen molar-refractivity contribution in [1.82, 2.24) is 0 Å². The summed E-state index contributed by atoms with van der Waals surface area (Å²) in [4.78, 5) is 11.3. The van der Waals surface area contributed by atoms with Crippen molar-refractivity contribution >= 4 is 5.97 Å². The lowest BCUT2D eigenvalue weighted by Gasteiger charge is -2.23. The van der Waals surface area contributed by atoms with E-state index in [1.807, 2.05) is 0 Å². The van der Waals surface area contributed by atoms with Gasteiger partial charge in [-0.15, -0.1) is 0 Å². The van der Waals surface area contributed by atoms with E-state index in [9.17, 15) is 9.90 Å². The highest BCUT2D eigenvalue weighted by Gasteiger charge is 2.24. The highest BCUT2D eigenvalue weighted by atomic mass is 16.7. The Hall–Kier alpha value is -1.91. The van der Waals surface area contributed by atoms with E-state index in [0.717, 1.165) is 25.7 Å². The second kappa shape index (κ2) is 4.99. The third-order valence-electron chi connectivity index (χ3n) is 3.55. The summed E-state index contributed by atoms with van der Waals surface area (Å²) in [5, 5.41) is 9.25. The molecule has 19 heavy (non-hydrogen) atoms. The molecule has 0 bridgehead atoms. The Kier molecular flexibility index (Phi) is 3.19. The Bertz CT molecular complexity index is 491. The third kappa shape index (κ3) is 2.45. The molecule has 0 aromatic heterocycles. The fraction of sp³-hybridized carbons (Fsp3) is 0.500. The molecule has 1 heterocycles. The summed E-state index contributed by atoms with van der Waals surface area (Å²) in [5.74, 6) is 0.386. The number of aromatic carboxylic acids is 1. The number of rotatable bonds is 3. The van der Waals surface area contributed by atoms with Crippen LogP contribution in [0.1, 0.15) is 42.5 Å². The number of fused-ring (bicyclic) bond motifs is 1. The van der Waals surface area contributed by atoms with Crippen LogP contribution in [0.15, 0.2) is 12.1 Å². The topological polar surface area (TPSA) is 65.0 Å². The number of hydrogen-bond acceptors (Lipinski definition) is 4. The van der Waals surface area contributed by atoms with E-state index in [0.29, 0.717) is 17.2 Å². The number of carboxylic acids is 1. The monoisotopic (exact) mass is 264 g/mol. The lowest BCUT2D eigenvalue weighted by Crippen LogP contribution is -2.20. The van der Waals surface area contributed by atoms with Crippen LogP contribution in [0.5, 0.6) is 17.2 Å². The minimum absolute atomic E-state index is 0.104. The number of ether oxygens (including phenoxy) is 3. The zero-order valence-electron chi connectivity index (χ0n) is 10.6. The molecule has 1 aromatic carbocycles. The lowest BCUT2D eigenvalue weighted by atomic mass is 9.97. The summed E-state index contributed by atoms with van der Waals surface area (Å²) in [6.07, 6.45) is 5.57. The number of benzene rings is 1. The molecule has 0 unspecified atom stereocenters. The fourth-order valence-electron chi connectivity index (χ4n) is 2.55. The smallest absolute Gasteiger partial charge is 0.339 e. The van der Waals surface area contributed by atoms with Gasteiger partial charge in [0.15, 0.2) is 11.5 Å². The molecule has 0 saturated heterocycles. The van der Waals surface area contributed by atoms with Crippen molar-refractivity contribution in [2.24, 2.45) is 0 Å². The Balaban J connectivity index is 1.87. The average molecular weight is 264 g/mol. The van der Waals surface area contributed by atoms with Gasteiger partial charge < -0.3 is 19.3 Å². The van der Waals surface area contributed by atoms with Gasteiger partial charge in [-0.3, -0.25) is 0 Å². The van der Waals surface area contributed by atoms with Gasteiger partial charge in [-0.2, -0.15) is 0 Å². The quantitative estimate of drug-likeness (QED) is 0.909. The van der Waals surface area contributed by atoms with Crippen molar-refractivity contribution in [1.29, 1.82) is 0 Å². The van der Waals surface area contributed by atoms with Gasteiger partial charge in [0.25, 0.3) is 0 Å². The van der Waals surface area contributed by atoms with Crippen LogP contribution in [-0.4, -0.2) is 24.0 Å². The number of hydrogen-bond donors (Lipinski definition) is 1. The molecule has 2 aliphatic rings. The van der Waals surface area contributed by atoms with Gasteiger partial charge in [0.2, 0.25) is 6.79 Å². The van der Waals surface area contributed by atoms with E-state index in [-0.39, 0.29) is 18.5 Å². The zero-order valence-corrected chi connectivity index (χ0v) is 10.6. The molecule has 5 heteroatoms. The molecule has 0 amide bonds. The molecule has 1 aromatic rings. The van der Waals surface area contributed by atoms with Crippen molar-refractivity contribution < 1.29 is 24.1 Å². The van der Waals surface area contributed by atoms with E-state index in [1.165, 1.54) is 12.5 Å². The second-order valence-corrected chi connectivity index (χ2v) is 4.88. The SMILES string of the molecule is O=C(O)c1cc2c(cc1OC1CCCCC1)OCO2. The van der Waals surface area contributed by atoms with Crippen LogP contribution in [0, 0.1) is 0 Å². The predicted octanol–water partition coefficient (Wildman–Crippen LogP) is 2.83. The average Bonchev–Trinajstić information content (AvgIpc) is 2.86. The first kappa shape index (κ1) is 12.1. The molecule has 1 saturated carbocycles. The van der Waals surface area contributed by atoms with Crippen molar-refractivity contribution in [2.45, 2.75) is 38.2 Å². The van der Waals surface area contributed by atoms with Gasteiger partial charge in [-0.25, -0.2) is 4.79 Å². The first-order valence-electron chi connectivity index (χ1n) is 6.57. The van der Waals surface area contributed by atoms with Gasteiger partial charge in [0.1, 0.15) is 11.3 Å². The Morgan fingerprint density at radius 1 is 1.16 bits per heavy atom. The normalized spacial score (nSPS) is 18.3. The summed E-state index contributed by atoms with van der Waals surface area (Å²) in [6.45, 7) is 0.126. The van der Waals surface area contributed by atoms with E-state index >= 15 is 0 Å². The minimum atomic E-state index is -1.01. The van der Waals surface area contributed by atoms with Gasteiger partial charge in [-0.1, -0.05) is 6.42 Å². The largest absolute Gasteiger partial charge is 0.489 e. The van der Waals surface area contributed by atoms with Crippen LogP contribution in [0.3, 0.4) is 0 Å². The fourth-order valence-corrected chi connectivity index (χ4v) is 2.55. The van der Waals surface area contributed by atoms with Crippen LogP contribution in [0.2, 0.25) is 0 Å². The highest BCUT2D eigenvalue weighted by molar-refractivity contribution is 5.92. The summed E-state index contributed by atoms with van der Waals surface area (Å²) in [6, 6.07) is 3.10. The molecular formula is C14H16O5. The van der Waals surface area contributed by atoms with Crippen LogP contribution in [0.4, 0.5) is 0 Å². The van der Waals surface area contributed by atoms with Gasteiger partial charge >= 0.3 is 5.97 Å². The standard InChI is InChI=1S/C14H16O5/c15-14(16)10-6-12-13(18-8-17-12)7-11(10)19-9-4-2-1-3-5-9/h6-7,9H,1-5,8H2,(H,15,16). The molecule has 0 radical (unpaired) electrons. The van der Waals surface area contributed by atoms with E-state index in [4.69, 9.17) is 14.2 Å². The first-order valence-corrected chi connectivity index (χ1v) is 6.57. The van der Waals surface area contributed by atoms with E-state index in [1.54, 1.807) is 6.07 Å². The predicted molar refractivity (Wildman–Crippen MR) is 67.0 cm³/mol. The van der Waals surface area contributed by atoms with Gasteiger partial charge in [0, 0.05) is 12.1 Å². The molecule has 5 nitrogen and oxygen atoms in total. The van der Waals surface area contributed by atoms with Crippen LogP contribution in [-0.2, 0) is 0 Å². The van der Waals surface area contributed by atoms with Crippen molar-refractivity contribution in [2.75, 3.05) is 6.79 Å². The first-order chi connectivity index (χ1) is 9.24. The molecule has 0 spiro atoms. The zero-order chi connectivity index (χ0) is 13.2. The maximum absolute atomic E-state index is 11.3. The molecular weight excluding hydrogens is 248 g/mol. The molecule has 0 atom stereocenters. The Labute approximate surface area is 111 Å². The maximum atomic E-state index is 11.3. The molecule has 1 aliphatic heterocycles. The van der Waals surface area contributed by atoms with Crippen molar-refractivity contribution in [3.8, 4) is 17.2 Å². The second-order valence-electron chi connectivity index (χ2n) is 4.88. The summed E-state index contributed by atoms with van der Waals surface area (Å²) < 4.78 is 16.3. The molecule has 1 fully saturated rings. The summed E-state index contributed by atoms with van der Waals surface area (Å²) >= 11 is 0. The molecule has 1 aliphatic carbocycles. The van der Waals surface area contributed by atoms with Crippen molar-refractivity contribution in [3.63, 3.8) is 0 Å². The molecule has 3 rings (SSSR count). The van der Waals surface area contributed by atoms with Gasteiger partial charge in [0.05, 0.1) is 6.10 Å². The minimum Gasteiger partial charge on any atom is -0.489 e. The van der Waals surface area contributed by atoms with Crippen LogP contribution < -0.4 is 14.2 Å². The van der Waals surface area contributed by atoms with E-state index < -0.39 is 5.97 Å².